The van der Waals surface area contributed by atoms with Crippen molar-refractivity contribution in [1.29, 1.82) is 5.26 Å². The summed E-state index contributed by atoms with van der Waals surface area (Å²) in [5.74, 6) is -1.23. The maximum Gasteiger partial charge on any atom is 0.251 e. The lowest BCUT2D eigenvalue weighted by molar-refractivity contribution is 0.0944. The summed E-state index contributed by atoms with van der Waals surface area (Å²) in [5, 5.41) is 9.43. The number of alkyl halides is 2. The lowest BCUT2D eigenvalue weighted by Gasteiger charge is -2.17. The van der Waals surface area contributed by atoms with Gasteiger partial charge in [-0.3, -0.25) is 0 Å². The summed E-state index contributed by atoms with van der Waals surface area (Å²) in [5.41, 5.74) is 8.34. The van der Waals surface area contributed by atoms with E-state index < -0.39 is 11.8 Å². The van der Waals surface area contributed by atoms with E-state index >= 15 is 0 Å². The van der Waals surface area contributed by atoms with E-state index in [0.717, 1.165) is 17.7 Å². The van der Waals surface area contributed by atoms with Crippen molar-refractivity contribution in [2.75, 3.05) is 6.61 Å². The Labute approximate surface area is 209 Å². The van der Waals surface area contributed by atoms with Crippen LogP contribution in [0.25, 0.3) is 11.4 Å². The lowest BCUT2D eigenvalue weighted by atomic mass is 10.0. The number of aromatic nitrogens is 2. The van der Waals surface area contributed by atoms with E-state index in [-0.39, 0.29) is 18.2 Å². The highest BCUT2D eigenvalue weighted by Crippen LogP contribution is 2.51. The van der Waals surface area contributed by atoms with Crippen molar-refractivity contribution in [3.63, 3.8) is 0 Å². The first-order valence-electron chi connectivity index (χ1n) is 12.0. The summed E-state index contributed by atoms with van der Waals surface area (Å²) in [4.78, 5) is 13.4. The molecule has 2 N–H and O–H groups in total. The number of allylic oxidation sites excluding steroid dienone is 2. The number of hydrogen-bond acceptors (Lipinski definition) is 7. The average molecular weight is 494 g/mol. The predicted octanol–water partition coefficient (Wildman–Crippen LogP) is 5.53. The highest BCUT2D eigenvalue weighted by Gasteiger charge is 2.55. The van der Waals surface area contributed by atoms with Gasteiger partial charge in [-0.05, 0) is 56.4 Å². The molecule has 2 aliphatic rings. The van der Waals surface area contributed by atoms with E-state index in [1.807, 2.05) is 13.0 Å². The molecule has 36 heavy (non-hydrogen) atoms. The molecule has 0 saturated heterocycles. The van der Waals surface area contributed by atoms with Crippen LogP contribution in [0.3, 0.4) is 0 Å². The Morgan fingerprint density at radius 3 is 2.67 bits per heavy atom. The minimum Gasteiger partial charge on any atom is -0.494 e. The molecule has 2 aromatic rings. The molecule has 0 spiro atoms. The molecule has 188 valence electrons. The van der Waals surface area contributed by atoms with Crippen LogP contribution in [0, 0.1) is 23.2 Å². The fraction of sp³-hybridized carbons (Fsp3) is 0.407. The Bertz CT molecular complexity index is 1230. The van der Waals surface area contributed by atoms with Gasteiger partial charge in [0.15, 0.2) is 5.82 Å². The Balaban J connectivity index is 1.57. The summed E-state index contributed by atoms with van der Waals surface area (Å²) in [6, 6.07) is 7.14. The van der Waals surface area contributed by atoms with Gasteiger partial charge in [0.2, 0.25) is 5.88 Å². The quantitative estimate of drug-likeness (QED) is 0.460. The molecule has 1 fully saturated rings. The van der Waals surface area contributed by atoms with Gasteiger partial charge in [0, 0.05) is 48.6 Å². The first-order valence-corrected chi connectivity index (χ1v) is 12.0. The van der Waals surface area contributed by atoms with E-state index in [1.54, 1.807) is 36.7 Å². The van der Waals surface area contributed by atoms with Crippen molar-refractivity contribution >= 4 is 5.71 Å². The highest BCUT2D eigenvalue weighted by atomic mass is 19.3. The molecule has 1 saturated carbocycles. The van der Waals surface area contributed by atoms with Gasteiger partial charge in [-0.25, -0.2) is 23.7 Å². The largest absolute Gasteiger partial charge is 0.494 e. The zero-order chi connectivity index (χ0) is 25.7. The lowest BCUT2D eigenvalue weighted by Crippen LogP contribution is -2.11. The zero-order valence-corrected chi connectivity index (χ0v) is 20.4. The van der Waals surface area contributed by atoms with E-state index in [2.05, 4.69) is 28.0 Å². The van der Waals surface area contributed by atoms with E-state index in [4.69, 9.17) is 15.2 Å². The Morgan fingerprint density at radius 2 is 2.00 bits per heavy atom. The number of ether oxygens (including phenoxy) is 2. The molecular weight excluding hydrogens is 464 g/mol. The molecule has 4 rings (SSSR count). The summed E-state index contributed by atoms with van der Waals surface area (Å²) in [6.07, 6.45) is 8.62. The van der Waals surface area contributed by atoms with Gasteiger partial charge in [0.25, 0.3) is 5.92 Å². The molecule has 1 aliphatic heterocycles. The van der Waals surface area contributed by atoms with Crippen molar-refractivity contribution in [3.05, 3.63) is 65.5 Å². The van der Waals surface area contributed by atoms with Crippen LogP contribution in [0.5, 0.6) is 5.75 Å². The number of aliphatic imine (C=N–C) groups is 1. The summed E-state index contributed by atoms with van der Waals surface area (Å²) >= 11 is 0. The SMILES string of the molecule is C/C1=N/C(Oc2cc(C#N)ccc2-c2ncc(CN)cn2)=C\C(OCCCC2CC2(F)F)=C\CC1C. The van der Waals surface area contributed by atoms with Crippen LogP contribution >= 0.6 is 0 Å². The third-order valence-corrected chi connectivity index (χ3v) is 6.37. The van der Waals surface area contributed by atoms with E-state index in [1.165, 1.54) is 0 Å². The van der Waals surface area contributed by atoms with Crippen molar-refractivity contribution in [1.82, 2.24) is 9.97 Å². The third kappa shape index (κ3) is 6.32. The van der Waals surface area contributed by atoms with Gasteiger partial charge in [-0.1, -0.05) is 6.92 Å². The number of hydrogen-bond donors (Lipinski definition) is 1. The molecule has 2 heterocycles. The number of benzene rings is 1. The van der Waals surface area contributed by atoms with Crippen molar-refractivity contribution < 1.29 is 18.3 Å². The van der Waals surface area contributed by atoms with E-state index in [9.17, 15) is 14.0 Å². The number of nitriles is 1. The molecule has 0 radical (unpaired) electrons. The standard InChI is InChI=1S/C27H29F2N5O2/c1-17-5-7-22(35-9-3-4-21-12-27(21,28)29)11-25(34-18(17)2)36-24-10-19(13-30)6-8-23(24)26-32-15-20(14-31)16-33-26/h6-8,10-11,15-17,21H,3-5,9,12,14,31H2,1-2H3/b22-7-,25-11+,34-18-. The van der Waals surface area contributed by atoms with Gasteiger partial charge in [0.1, 0.15) is 11.5 Å². The number of nitrogens with zero attached hydrogens (tertiary/aromatic N) is 4. The molecule has 9 heteroatoms. The fourth-order valence-electron chi connectivity index (χ4n) is 3.79. The predicted molar refractivity (Wildman–Crippen MR) is 132 cm³/mol. The molecule has 1 aliphatic carbocycles. The molecule has 7 nitrogen and oxygen atoms in total. The number of nitrogens with two attached hydrogens (primary N) is 1. The van der Waals surface area contributed by atoms with Gasteiger partial charge in [-0.15, -0.1) is 0 Å². The summed E-state index contributed by atoms with van der Waals surface area (Å²) in [7, 11) is 0. The van der Waals surface area contributed by atoms with Crippen LogP contribution in [0.2, 0.25) is 0 Å². The maximum absolute atomic E-state index is 13.1. The van der Waals surface area contributed by atoms with Crippen molar-refractivity contribution in [2.45, 2.75) is 52.0 Å². The number of rotatable bonds is 9. The smallest absolute Gasteiger partial charge is 0.251 e. The molecule has 0 amide bonds. The normalized spacial score (nSPS) is 25.1. The second-order valence-electron chi connectivity index (χ2n) is 9.18. The van der Waals surface area contributed by atoms with E-state index in [0.29, 0.717) is 54.5 Å². The molecule has 1 aromatic heterocycles. The van der Waals surface area contributed by atoms with Crippen LogP contribution in [-0.2, 0) is 11.3 Å². The maximum atomic E-state index is 13.1. The number of halogens is 2. The van der Waals surface area contributed by atoms with Crippen LogP contribution in [0.4, 0.5) is 8.78 Å². The van der Waals surface area contributed by atoms with Gasteiger partial charge in [-0.2, -0.15) is 5.26 Å². The highest BCUT2D eigenvalue weighted by molar-refractivity contribution is 5.85. The van der Waals surface area contributed by atoms with Crippen molar-refractivity contribution in [3.8, 4) is 23.2 Å². The summed E-state index contributed by atoms with van der Waals surface area (Å²) < 4.78 is 38.4. The molecule has 2 atom stereocenters. The molecular formula is C27H29F2N5O2. The minimum atomic E-state index is -2.51. The fourth-order valence-corrected chi connectivity index (χ4v) is 3.79. The van der Waals surface area contributed by atoms with Gasteiger partial charge >= 0.3 is 0 Å². The van der Waals surface area contributed by atoms with Crippen LogP contribution in [0.15, 0.2) is 59.4 Å². The monoisotopic (exact) mass is 493 g/mol. The first kappa shape index (κ1) is 25.5. The van der Waals surface area contributed by atoms with Crippen molar-refractivity contribution in [2.24, 2.45) is 22.6 Å². The van der Waals surface area contributed by atoms with Crippen LogP contribution < -0.4 is 10.5 Å². The van der Waals surface area contributed by atoms with Gasteiger partial charge < -0.3 is 15.2 Å². The zero-order valence-electron chi connectivity index (χ0n) is 20.4. The first-order chi connectivity index (χ1) is 17.3. The van der Waals surface area contributed by atoms with Crippen LogP contribution in [-0.4, -0.2) is 28.2 Å². The third-order valence-electron chi connectivity index (χ3n) is 6.37. The van der Waals surface area contributed by atoms with Gasteiger partial charge in [0.05, 0.1) is 23.8 Å². The minimum absolute atomic E-state index is 0.0259. The molecule has 1 aromatic carbocycles. The second-order valence-corrected chi connectivity index (χ2v) is 9.18. The molecule has 0 bridgehead atoms. The topological polar surface area (TPSA) is 106 Å². The Kier molecular flexibility index (Phi) is 7.75. The Hall–Kier alpha value is -3.64. The summed E-state index contributed by atoms with van der Waals surface area (Å²) in [6.45, 7) is 4.64. The Morgan fingerprint density at radius 1 is 1.25 bits per heavy atom. The van der Waals surface area contributed by atoms with Crippen LogP contribution in [0.1, 0.15) is 50.7 Å². The second kappa shape index (κ2) is 11.0. The average Bonchev–Trinajstić information content (AvgIpc) is 3.49. The molecule has 2 unspecified atom stereocenters.